The minimum atomic E-state index is -0.392. The van der Waals surface area contributed by atoms with Crippen LogP contribution in [0, 0.1) is 0 Å². The SMILES string of the molecule is O=C(NCc1ccco1)[C@H]1CCCN1C(=O)[C@H]1Cc2ccccc2CN1. The third-order valence-electron chi connectivity index (χ3n) is 5.23. The average Bonchev–Trinajstić information content (AvgIpc) is 3.37. The van der Waals surface area contributed by atoms with Gasteiger partial charge in [-0.2, -0.15) is 0 Å². The summed E-state index contributed by atoms with van der Waals surface area (Å²) < 4.78 is 5.24. The number of rotatable bonds is 4. The van der Waals surface area contributed by atoms with Gasteiger partial charge in [-0.05, 0) is 42.5 Å². The van der Waals surface area contributed by atoms with Gasteiger partial charge in [-0.15, -0.1) is 0 Å². The Morgan fingerprint density at radius 3 is 2.85 bits per heavy atom. The molecule has 0 saturated carbocycles. The van der Waals surface area contributed by atoms with Crippen LogP contribution in [0.4, 0.5) is 0 Å². The molecular formula is C20H23N3O3. The average molecular weight is 353 g/mol. The Bertz CT molecular complexity index is 787. The molecule has 2 atom stereocenters. The first kappa shape index (κ1) is 16.8. The van der Waals surface area contributed by atoms with Gasteiger partial charge in [-0.1, -0.05) is 24.3 Å². The maximum absolute atomic E-state index is 13.0. The van der Waals surface area contributed by atoms with Gasteiger partial charge < -0.3 is 20.0 Å². The van der Waals surface area contributed by atoms with Gasteiger partial charge in [0.25, 0.3) is 0 Å². The normalized spacial score (nSPS) is 22.1. The van der Waals surface area contributed by atoms with Gasteiger partial charge in [-0.3, -0.25) is 9.59 Å². The largest absolute Gasteiger partial charge is 0.467 e. The molecule has 3 heterocycles. The summed E-state index contributed by atoms with van der Waals surface area (Å²) in [6, 6.07) is 11.1. The van der Waals surface area contributed by atoms with Gasteiger partial charge in [0.2, 0.25) is 11.8 Å². The van der Waals surface area contributed by atoms with E-state index in [-0.39, 0.29) is 17.9 Å². The molecule has 0 aliphatic carbocycles. The molecule has 0 radical (unpaired) electrons. The molecule has 136 valence electrons. The van der Waals surface area contributed by atoms with Crippen LogP contribution in [-0.4, -0.2) is 35.3 Å². The van der Waals surface area contributed by atoms with E-state index in [4.69, 9.17) is 4.42 Å². The molecule has 1 aromatic carbocycles. The lowest BCUT2D eigenvalue weighted by atomic mass is 9.95. The van der Waals surface area contributed by atoms with E-state index in [2.05, 4.69) is 22.8 Å². The van der Waals surface area contributed by atoms with Crippen molar-refractivity contribution in [2.24, 2.45) is 0 Å². The molecule has 0 bridgehead atoms. The zero-order valence-electron chi connectivity index (χ0n) is 14.6. The number of carbonyl (C=O) groups is 2. The molecule has 1 saturated heterocycles. The summed E-state index contributed by atoms with van der Waals surface area (Å²) in [4.78, 5) is 27.3. The Kier molecular flexibility index (Phi) is 4.75. The summed E-state index contributed by atoms with van der Waals surface area (Å²) in [6.45, 7) is 1.67. The van der Waals surface area contributed by atoms with E-state index in [9.17, 15) is 9.59 Å². The van der Waals surface area contributed by atoms with Crippen LogP contribution in [0.2, 0.25) is 0 Å². The molecule has 0 unspecified atom stereocenters. The first-order valence-corrected chi connectivity index (χ1v) is 9.13. The number of furan rings is 1. The van der Waals surface area contributed by atoms with Gasteiger partial charge in [0, 0.05) is 13.1 Å². The number of hydrogen-bond acceptors (Lipinski definition) is 4. The van der Waals surface area contributed by atoms with Crippen molar-refractivity contribution < 1.29 is 14.0 Å². The van der Waals surface area contributed by atoms with Gasteiger partial charge in [0.05, 0.1) is 18.8 Å². The van der Waals surface area contributed by atoms with Crippen molar-refractivity contribution in [2.75, 3.05) is 6.54 Å². The van der Waals surface area contributed by atoms with Gasteiger partial charge in [0.15, 0.2) is 0 Å². The second-order valence-electron chi connectivity index (χ2n) is 6.89. The van der Waals surface area contributed by atoms with E-state index in [0.717, 1.165) is 6.42 Å². The summed E-state index contributed by atoms with van der Waals surface area (Å²) in [5.41, 5.74) is 2.45. The van der Waals surface area contributed by atoms with E-state index in [1.165, 1.54) is 11.1 Å². The maximum atomic E-state index is 13.0. The summed E-state index contributed by atoms with van der Waals surface area (Å²) in [7, 11) is 0. The third kappa shape index (κ3) is 3.37. The lowest BCUT2D eigenvalue weighted by Gasteiger charge is -2.31. The van der Waals surface area contributed by atoms with E-state index in [1.807, 2.05) is 18.2 Å². The standard InChI is InChI=1S/C20H23N3O3/c24-19(22-13-16-7-4-10-26-16)18-8-3-9-23(18)20(25)17-11-14-5-1-2-6-15(14)12-21-17/h1-2,4-7,10,17-18,21H,3,8-9,11-13H2,(H,22,24)/t17-,18-/m1/s1. The smallest absolute Gasteiger partial charge is 0.243 e. The number of benzene rings is 1. The van der Waals surface area contributed by atoms with Gasteiger partial charge in [-0.25, -0.2) is 0 Å². The van der Waals surface area contributed by atoms with E-state index >= 15 is 0 Å². The van der Waals surface area contributed by atoms with E-state index < -0.39 is 6.04 Å². The summed E-state index contributed by atoms with van der Waals surface area (Å²) >= 11 is 0. The summed E-state index contributed by atoms with van der Waals surface area (Å²) in [6.07, 6.45) is 3.82. The fourth-order valence-corrected chi connectivity index (χ4v) is 3.84. The van der Waals surface area contributed by atoms with Gasteiger partial charge >= 0.3 is 0 Å². The zero-order valence-corrected chi connectivity index (χ0v) is 14.6. The topological polar surface area (TPSA) is 74.6 Å². The quantitative estimate of drug-likeness (QED) is 0.876. The Morgan fingerprint density at radius 1 is 1.19 bits per heavy atom. The number of carbonyl (C=O) groups excluding carboxylic acids is 2. The van der Waals surface area contributed by atoms with Crippen molar-refractivity contribution in [1.82, 2.24) is 15.5 Å². The number of amides is 2. The summed E-state index contributed by atoms with van der Waals surface area (Å²) in [5, 5.41) is 6.21. The number of nitrogens with zero attached hydrogens (tertiary/aromatic N) is 1. The Balaban J connectivity index is 1.40. The van der Waals surface area contributed by atoms with Crippen molar-refractivity contribution in [3.63, 3.8) is 0 Å². The molecule has 26 heavy (non-hydrogen) atoms. The van der Waals surface area contributed by atoms with Crippen LogP contribution in [0.15, 0.2) is 47.1 Å². The lowest BCUT2D eigenvalue weighted by Crippen LogP contribution is -2.54. The number of nitrogens with one attached hydrogen (secondary N) is 2. The molecule has 2 aliphatic heterocycles. The van der Waals surface area contributed by atoms with Crippen LogP contribution in [0.1, 0.15) is 29.7 Å². The van der Waals surface area contributed by atoms with Crippen LogP contribution in [0.3, 0.4) is 0 Å². The van der Waals surface area contributed by atoms with Crippen molar-refractivity contribution in [3.8, 4) is 0 Å². The van der Waals surface area contributed by atoms with Crippen molar-refractivity contribution in [2.45, 2.75) is 44.4 Å². The van der Waals surface area contributed by atoms with E-state index in [1.54, 1.807) is 17.2 Å². The monoisotopic (exact) mass is 353 g/mol. The lowest BCUT2D eigenvalue weighted by molar-refractivity contribution is -0.140. The molecule has 2 N–H and O–H groups in total. The number of hydrogen-bond donors (Lipinski definition) is 2. The first-order valence-electron chi connectivity index (χ1n) is 9.13. The molecule has 6 nitrogen and oxygen atoms in total. The second kappa shape index (κ2) is 7.33. The highest BCUT2D eigenvalue weighted by molar-refractivity contribution is 5.90. The number of fused-ring (bicyclic) bond motifs is 1. The molecule has 6 heteroatoms. The van der Waals surface area contributed by atoms with Crippen LogP contribution in [0.25, 0.3) is 0 Å². The van der Waals surface area contributed by atoms with E-state index in [0.29, 0.717) is 38.2 Å². The van der Waals surface area contributed by atoms with Crippen LogP contribution >= 0.6 is 0 Å². The molecule has 0 spiro atoms. The molecule has 2 amide bonds. The predicted octanol–water partition coefficient (Wildman–Crippen LogP) is 1.60. The Hall–Kier alpha value is -2.60. The minimum absolute atomic E-state index is 0.0233. The first-order chi connectivity index (χ1) is 12.7. The molecular weight excluding hydrogens is 330 g/mol. The fourth-order valence-electron chi connectivity index (χ4n) is 3.84. The molecule has 4 rings (SSSR count). The highest BCUT2D eigenvalue weighted by Gasteiger charge is 2.37. The Morgan fingerprint density at radius 2 is 2.04 bits per heavy atom. The predicted molar refractivity (Wildman–Crippen MR) is 96.1 cm³/mol. The highest BCUT2D eigenvalue weighted by Crippen LogP contribution is 2.22. The highest BCUT2D eigenvalue weighted by atomic mass is 16.3. The maximum Gasteiger partial charge on any atom is 0.243 e. The fraction of sp³-hybridized carbons (Fsp3) is 0.400. The van der Waals surface area contributed by atoms with Crippen LogP contribution in [0.5, 0.6) is 0 Å². The van der Waals surface area contributed by atoms with Crippen LogP contribution in [-0.2, 0) is 29.1 Å². The van der Waals surface area contributed by atoms with Gasteiger partial charge in [0.1, 0.15) is 11.8 Å². The Labute approximate surface area is 152 Å². The molecule has 2 aliphatic rings. The number of likely N-dealkylation sites (tertiary alicyclic amines) is 1. The molecule has 1 aromatic heterocycles. The van der Waals surface area contributed by atoms with Crippen molar-refractivity contribution in [1.29, 1.82) is 0 Å². The molecule has 2 aromatic rings. The van der Waals surface area contributed by atoms with Crippen LogP contribution < -0.4 is 10.6 Å². The minimum Gasteiger partial charge on any atom is -0.467 e. The van der Waals surface area contributed by atoms with Crippen molar-refractivity contribution in [3.05, 3.63) is 59.5 Å². The zero-order chi connectivity index (χ0) is 17.9. The van der Waals surface area contributed by atoms with Crippen molar-refractivity contribution >= 4 is 11.8 Å². The third-order valence-corrected chi connectivity index (χ3v) is 5.23. The summed E-state index contributed by atoms with van der Waals surface area (Å²) in [5.74, 6) is 0.624. The second-order valence-corrected chi connectivity index (χ2v) is 6.89. The molecule has 1 fully saturated rings.